The highest BCUT2D eigenvalue weighted by Gasteiger charge is 1.94. The Bertz CT molecular complexity index is 389. The van der Waals surface area contributed by atoms with E-state index in [1.54, 1.807) is 12.4 Å². The van der Waals surface area contributed by atoms with E-state index in [0.717, 1.165) is 9.75 Å². The number of aromatic nitrogens is 2. The SMILES string of the molecule is NCc1cnc(Cl)s1.NCc1cnc(Cl)s1. The molecular weight excluding hydrogens is 287 g/mol. The largest absolute Gasteiger partial charge is 0.326 e. The molecule has 0 aromatic carbocycles. The van der Waals surface area contributed by atoms with Gasteiger partial charge < -0.3 is 11.5 Å². The number of rotatable bonds is 2. The predicted octanol–water partition coefficient (Wildman–Crippen LogP) is 2.51. The van der Waals surface area contributed by atoms with Gasteiger partial charge in [0.2, 0.25) is 0 Å². The summed E-state index contributed by atoms with van der Waals surface area (Å²) in [6.45, 7) is 1.06. The summed E-state index contributed by atoms with van der Waals surface area (Å²) < 4.78 is 1.12. The smallest absolute Gasteiger partial charge is 0.183 e. The minimum atomic E-state index is 0.532. The Balaban J connectivity index is 0.000000160. The van der Waals surface area contributed by atoms with Crippen LogP contribution in [-0.2, 0) is 13.1 Å². The monoisotopic (exact) mass is 296 g/mol. The van der Waals surface area contributed by atoms with Crippen molar-refractivity contribution in [3.8, 4) is 0 Å². The van der Waals surface area contributed by atoms with Gasteiger partial charge in [-0.15, -0.1) is 22.7 Å². The maximum absolute atomic E-state index is 5.49. The van der Waals surface area contributed by atoms with Crippen molar-refractivity contribution in [2.45, 2.75) is 13.1 Å². The number of hydrogen-bond acceptors (Lipinski definition) is 6. The van der Waals surface area contributed by atoms with Crippen molar-refractivity contribution >= 4 is 45.9 Å². The lowest BCUT2D eigenvalue weighted by atomic mass is 10.6. The fourth-order valence-electron chi connectivity index (χ4n) is 0.756. The highest BCUT2D eigenvalue weighted by atomic mass is 35.5. The van der Waals surface area contributed by atoms with E-state index in [0.29, 0.717) is 22.0 Å². The molecule has 16 heavy (non-hydrogen) atoms. The summed E-state index contributed by atoms with van der Waals surface area (Å²) in [5.74, 6) is 0. The number of hydrogen-bond donors (Lipinski definition) is 2. The van der Waals surface area contributed by atoms with Gasteiger partial charge in [0, 0.05) is 35.2 Å². The van der Waals surface area contributed by atoms with Crippen molar-refractivity contribution in [1.82, 2.24) is 9.97 Å². The fourth-order valence-corrected chi connectivity index (χ4v) is 2.47. The number of halogens is 2. The van der Waals surface area contributed by atoms with Gasteiger partial charge in [0.25, 0.3) is 0 Å². The van der Waals surface area contributed by atoms with Crippen LogP contribution >= 0.6 is 45.9 Å². The highest BCUT2D eigenvalue weighted by molar-refractivity contribution is 7.16. The summed E-state index contributed by atoms with van der Waals surface area (Å²) in [6, 6.07) is 0. The molecule has 0 spiro atoms. The third kappa shape index (κ3) is 4.73. The molecule has 0 saturated heterocycles. The second-order valence-corrected chi connectivity index (χ2v) is 5.96. The molecule has 0 unspecified atom stereocenters. The van der Waals surface area contributed by atoms with Crippen molar-refractivity contribution in [3.63, 3.8) is 0 Å². The Kier molecular flexibility index (Phi) is 6.18. The van der Waals surface area contributed by atoms with E-state index in [4.69, 9.17) is 34.7 Å². The minimum absolute atomic E-state index is 0.532. The molecule has 0 radical (unpaired) electrons. The number of nitrogens with two attached hydrogens (primary N) is 2. The molecule has 0 aliphatic carbocycles. The van der Waals surface area contributed by atoms with Gasteiger partial charge in [0.05, 0.1) is 0 Å². The third-order valence-corrected chi connectivity index (χ3v) is 3.73. The van der Waals surface area contributed by atoms with Crippen LogP contribution in [0.2, 0.25) is 8.93 Å². The lowest BCUT2D eigenvalue weighted by Gasteiger charge is -1.78. The van der Waals surface area contributed by atoms with E-state index in [-0.39, 0.29) is 0 Å². The van der Waals surface area contributed by atoms with Crippen molar-refractivity contribution in [2.24, 2.45) is 11.5 Å². The average molecular weight is 297 g/mol. The second-order valence-electron chi connectivity index (χ2n) is 2.57. The molecule has 88 valence electrons. The van der Waals surface area contributed by atoms with Crippen LogP contribution in [0.4, 0.5) is 0 Å². The molecule has 0 aliphatic rings. The zero-order valence-electron chi connectivity index (χ0n) is 8.19. The highest BCUT2D eigenvalue weighted by Crippen LogP contribution is 2.16. The molecule has 2 aromatic rings. The van der Waals surface area contributed by atoms with Crippen molar-refractivity contribution in [2.75, 3.05) is 0 Å². The predicted molar refractivity (Wildman–Crippen MR) is 70.0 cm³/mol. The van der Waals surface area contributed by atoms with Gasteiger partial charge in [-0.05, 0) is 0 Å². The summed E-state index contributed by atoms with van der Waals surface area (Å²) in [7, 11) is 0. The molecule has 4 N–H and O–H groups in total. The van der Waals surface area contributed by atoms with Crippen LogP contribution in [0, 0.1) is 0 Å². The normalized spacial score (nSPS) is 9.75. The van der Waals surface area contributed by atoms with Crippen molar-refractivity contribution in [3.05, 3.63) is 31.1 Å². The summed E-state index contributed by atoms with van der Waals surface area (Å²) >= 11 is 13.8. The van der Waals surface area contributed by atoms with Crippen LogP contribution in [0.3, 0.4) is 0 Å². The average Bonchev–Trinajstić information content (AvgIpc) is 2.88. The van der Waals surface area contributed by atoms with E-state index < -0.39 is 0 Å². The number of thiazole rings is 2. The summed E-state index contributed by atoms with van der Waals surface area (Å²) in [4.78, 5) is 9.63. The van der Waals surface area contributed by atoms with Gasteiger partial charge >= 0.3 is 0 Å². The van der Waals surface area contributed by atoms with E-state index in [1.807, 2.05) is 0 Å². The second kappa shape index (κ2) is 7.16. The first-order chi connectivity index (χ1) is 7.65. The first-order valence-corrected chi connectivity index (χ1v) is 6.65. The molecule has 0 atom stereocenters. The van der Waals surface area contributed by atoms with E-state index in [1.165, 1.54) is 22.7 Å². The van der Waals surface area contributed by atoms with Crippen LogP contribution in [0.15, 0.2) is 12.4 Å². The minimum Gasteiger partial charge on any atom is -0.326 e. The zero-order chi connectivity index (χ0) is 12.0. The Morgan fingerprint density at radius 3 is 1.44 bits per heavy atom. The topological polar surface area (TPSA) is 77.8 Å². The Morgan fingerprint density at radius 2 is 1.31 bits per heavy atom. The molecule has 0 aliphatic heterocycles. The third-order valence-electron chi connectivity index (χ3n) is 1.45. The molecule has 2 rings (SSSR count). The quantitative estimate of drug-likeness (QED) is 0.892. The zero-order valence-corrected chi connectivity index (χ0v) is 11.3. The Labute approximate surface area is 111 Å². The van der Waals surface area contributed by atoms with Crippen LogP contribution in [0.5, 0.6) is 0 Å². The van der Waals surface area contributed by atoms with E-state index in [9.17, 15) is 0 Å². The Morgan fingerprint density at radius 1 is 0.938 bits per heavy atom. The fraction of sp³-hybridized carbons (Fsp3) is 0.250. The van der Waals surface area contributed by atoms with Crippen LogP contribution < -0.4 is 11.5 Å². The molecule has 0 saturated carbocycles. The summed E-state index contributed by atoms with van der Waals surface area (Å²) in [5.41, 5.74) is 10.5. The molecule has 4 nitrogen and oxygen atoms in total. The van der Waals surface area contributed by atoms with E-state index >= 15 is 0 Å². The van der Waals surface area contributed by atoms with Gasteiger partial charge in [0.15, 0.2) is 8.93 Å². The first kappa shape index (κ1) is 13.8. The van der Waals surface area contributed by atoms with Gasteiger partial charge in [0.1, 0.15) is 0 Å². The maximum atomic E-state index is 5.49. The van der Waals surface area contributed by atoms with Crippen molar-refractivity contribution < 1.29 is 0 Å². The van der Waals surface area contributed by atoms with E-state index in [2.05, 4.69) is 9.97 Å². The molecule has 0 bridgehead atoms. The molecule has 0 fully saturated rings. The van der Waals surface area contributed by atoms with Gasteiger partial charge in [-0.3, -0.25) is 0 Å². The molecule has 2 aromatic heterocycles. The van der Waals surface area contributed by atoms with Gasteiger partial charge in [-0.1, -0.05) is 23.2 Å². The lowest BCUT2D eigenvalue weighted by molar-refractivity contribution is 1.10. The van der Waals surface area contributed by atoms with Gasteiger partial charge in [-0.25, -0.2) is 9.97 Å². The lowest BCUT2D eigenvalue weighted by Crippen LogP contribution is -1.91. The van der Waals surface area contributed by atoms with Crippen molar-refractivity contribution in [1.29, 1.82) is 0 Å². The summed E-state index contributed by atoms with van der Waals surface area (Å²) in [5, 5.41) is 0. The Hall–Kier alpha value is -0.240. The van der Waals surface area contributed by atoms with Crippen LogP contribution in [-0.4, -0.2) is 9.97 Å². The molecular formula is C8H10Cl2N4S2. The standard InChI is InChI=1S/2C4H5ClN2S/c2*5-4-7-2-3(1-6)8-4/h2*2H,1,6H2. The molecule has 8 heteroatoms. The molecule has 2 heterocycles. The first-order valence-electron chi connectivity index (χ1n) is 4.26. The maximum Gasteiger partial charge on any atom is 0.183 e. The number of nitrogens with zero attached hydrogens (tertiary/aromatic N) is 2. The summed E-state index contributed by atoms with van der Waals surface area (Å²) in [6.07, 6.45) is 3.38. The van der Waals surface area contributed by atoms with Crippen LogP contribution in [0.25, 0.3) is 0 Å². The van der Waals surface area contributed by atoms with Crippen LogP contribution in [0.1, 0.15) is 9.75 Å². The van der Waals surface area contributed by atoms with Gasteiger partial charge in [-0.2, -0.15) is 0 Å². The molecule has 0 amide bonds.